The minimum atomic E-state index is -0.125. The van der Waals surface area contributed by atoms with Crippen LogP contribution in [-0.2, 0) is 5.41 Å². The van der Waals surface area contributed by atoms with E-state index >= 15 is 0 Å². The SMILES string of the molecule is CC1(C)CNC(=O)c2cc(-c3ccnc(N)n3)[nH]c21.Cl. The lowest BCUT2D eigenvalue weighted by atomic mass is 9.84. The number of amides is 1. The predicted octanol–water partition coefficient (Wildman–Crippen LogP) is 1.50. The second-order valence-electron chi connectivity index (χ2n) is 5.34. The first kappa shape index (κ1) is 14.3. The molecule has 3 heterocycles. The molecule has 1 aliphatic heterocycles. The summed E-state index contributed by atoms with van der Waals surface area (Å²) in [6.45, 7) is 4.78. The van der Waals surface area contributed by atoms with Crippen molar-refractivity contribution < 1.29 is 4.79 Å². The minimum Gasteiger partial charge on any atom is -0.368 e. The van der Waals surface area contributed by atoms with E-state index in [0.717, 1.165) is 11.4 Å². The van der Waals surface area contributed by atoms with E-state index in [1.807, 2.05) is 6.07 Å². The van der Waals surface area contributed by atoms with Crippen molar-refractivity contribution in [1.82, 2.24) is 20.3 Å². The largest absolute Gasteiger partial charge is 0.368 e. The number of H-pyrrole nitrogens is 1. The van der Waals surface area contributed by atoms with E-state index in [0.29, 0.717) is 17.8 Å². The number of hydrogen-bond acceptors (Lipinski definition) is 4. The number of aromatic amines is 1. The van der Waals surface area contributed by atoms with Gasteiger partial charge in [-0.05, 0) is 12.1 Å². The van der Waals surface area contributed by atoms with Gasteiger partial charge in [-0.25, -0.2) is 9.97 Å². The lowest BCUT2D eigenvalue weighted by Gasteiger charge is -2.29. The smallest absolute Gasteiger partial charge is 0.253 e. The minimum absolute atomic E-state index is 0. The monoisotopic (exact) mass is 293 g/mol. The number of rotatable bonds is 1. The maximum Gasteiger partial charge on any atom is 0.253 e. The predicted molar refractivity (Wildman–Crippen MR) is 78.8 cm³/mol. The summed E-state index contributed by atoms with van der Waals surface area (Å²) in [4.78, 5) is 23.2. The summed E-state index contributed by atoms with van der Waals surface area (Å²) in [7, 11) is 0. The zero-order chi connectivity index (χ0) is 13.6. The quantitative estimate of drug-likeness (QED) is 0.742. The van der Waals surface area contributed by atoms with Crippen molar-refractivity contribution in [2.75, 3.05) is 12.3 Å². The highest BCUT2D eigenvalue weighted by Crippen LogP contribution is 2.32. The Morgan fingerprint density at radius 1 is 1.40 bits per heavy atom. The molecule has 6 nitrogen and oxygen atoms in total. The Balaban J connectivity index is 0.00000147. The average Bonchev–Trinajstić information content (AvgIpc) is 2.81. The number of carbonyl (C=O) groups is 1. The van der Waals surface area contributed by atoms with Crippen molar-refractivity contribution in [3.63, 3.8) is 0 Å². The number of hydrogen-bond donors (Lipinski definition) is 3. The summed E-state index contributed by atoms with van der Waals surface area (Å²) in [6.07, 6.45) is 1.60. The Morgan fingerprint density at radius 3 is 2.80 bits per heavy atom. The summed E-state index contributed by atoms with van der Waals surface area (Å²) < 4.78 is 0. The molecule has 0 radical (unpaired) electrons. The van der Waals surface area contributed by atoms with Gasteiger partial charge in [-0.1, -0.05) is 13.8 Å². The van der Waals surface area contributed by atoms with Gasteiger partial charge in [0.1, 0.15) is 0 Å². The van der Waals surface area contributed by atoms with E-state index < -0.39 is 0 Å². The molecule has 3 rings (SSSR count). The van der Waals surface area contributed by atoms with Gasteiger partial charge >= 0.3 is 0 Å². The molecule has 0 saturated heterocycles. The molecular weight excluding hydrogens is 278 g/mol. The molecule has 1 aliphatic rings. The van der Waals surface area contributed by atoms with Gasteiger partial charge in [0, 0.05) is 23.9 Å². The molecule has 0 fully saturated rings. The van der Waals surface area contributed by atoms with Crippen molar-refractivity contribution in [2.24, 2.45) is 0 Å². The number of fused-ring (bicyclic) bond motifs is 1. The fourth-order valence-corrected chi connectivity index (χ4v) is 2.31. The molecule has 20 heavy (non-hydrogen) atoms. The van der Waals surface area contributed by atoms with Crippen LogP contribution in [0.3, 0.4) is 0 Å². The third kappa shape index (κ3) is 2.22. The Morgan fingerprint density at radius 2 is 2.15 bits per heavy atom. The highest BCUT2D eigenvalue weighted by Gasteiger charge is 2.33. The fourth-order valence-electron chi connectivity index (χ4n) is 2.31. The van der Waals surface area contributed by atoms with E-state index in [9.17, 15) is 4.79 Å². The van der Waals surface area contributed by atoms with Gasteiger partial charge < -0.3 is 16.0 Å². The number of nitrogens with one attached hydrogen (secondary N) is 2. The van der Waals surface area contributed by atoms with Crippen molar-refractivity contribution in [3.8, 4) is 11.4 Å². The molecular formula is C13H16ClN5O. The van der Waals surface area contributed by atoms with Gasteiger partial charge in [0.25, 0.3) is 5.91 Å². The number of carbonyl (C=O) groups excluding carboxylic acids is 1. The van der Waals surface area contributed by atoms with Crippen LogP contribution in [0.2, 0.25) is 0 Å². The number of aromatic nitrogens is 3. The van der Waals surface area contributed by atoms with Crippen LogP contribution in [0.15, 0.2) is 18.3 Å². The van der Waals surface area contributed by atoms with Crippen molar-refractivity contribution in [3.05, 3.63) is 29.6 Å². The van der Waals surface area contributed by atoms with E-state index in [-0.39, 0.29) is 29.7 Å². The molecule has 7 heteroatoms. The molecule has 0 aromatic carbocycles. The molecule has 0 unspecified atom stereocenters. The molecule has 0 bridgehead atoms. The Labute approximate surface area is 122 Å². The molecule has 4 N–H and O–H groups in total. The zero-order valence-corrected chi connectivity index (χ0v) is 12.0. The molecule has 0 aliphatic carbocycles. The maximum absolute atomic E-state index is 11.9. The van der Waals surface area contributed by atoms with E-state index in [1.165, 1.54) is 0 Å². The van der Waals surface area contributed by atoms with Crippen LogP contribution in [0.5, 0.6) is 0 Å². The molecule has 2 aromatic rings. The van der Waals surface area contributed by atoms with Crippen LogP contribution in [0.4, 0.5) is 5.95 Å². The first-order chi connectivity index (χ1) is 8.97. The van der Waals surface area contributed by atoms with E-state index in [4.69, 9.17) is 5.73 Å². The lowest BCUT2D eigenvalue weighted by molar-refractivity contribution is 0.0929. The van der Waals surface area contributed by atoms with Gasteiger partial charge in [0.05, 0.1) is 17.0 Å². The lowest BCUT2D eigenvalue weighted by Crippen LogP contribution is -2.43. The number of halogens is 1. The molecule has 1 amide bonds. The Hall–Kier alpha value is -2.08. The van der Waals surface area contributed by atoms with Crippen molar-refractivity contribution >= 4 is 24.3 Å². The van der Waals surface area contributed by atoms with Gasteiger partial charge in [-0.15, -0.1) is 12.4 Å². The summed E-state index contributed by atoms with van der Waals surface area (Å²) in [5.41, 5.74) is 8.53. The third-order valence-corrected chi connectivity index (χ3v) is 3.38. The van der Waals surface area contributed by atoms with Crippen molar-refractivity contribution in [1.29, 1.82) is 0 Å². The highest BCUT2D eigenvalue weighted by molar-refractivity contribution is 5.98. The molecule has 0 saturated carbocycles. The number of anilines is 1. The van der Waals surface area contributed by atoms with Crippen LogP contribution < -0.4 is 11.1 Å². The van der Waals surface area contributed by atoms with E-state index in [2.05, 4.69) is 34.1 Å². The third-order valence-electron chi connectivity index (χ3n) is 3.38. The van der Waals surface area contributed by atoms with Gasteiger partial charge in [0.2, 0.25) is 5.95 Å². The van der Waals surface area contributed by atoms with Crippen LogP contribution >= 0.6 is 12.4 Å². The van der Waals surface area contributed by atoms with Crippen molar-refractivity contribution in [2.45, 2.75) is 19.3 Å². The van der Waals surface area contributed by atoms with Gasteiger partial charge in [-0.3, -0.25) is 4.79 Å². The summed E-state index contributed by atoms with van der Waals surface area (Å²) >= 11 is 0. The summed E-state index contributed by atoms with van der Waals surface area (Å²) in [6, 6.07) is 3.58. The summed E-state index contributed by atoms with van der Waals surface area (Å²) in [5, 5.41) is 2.89. The van der Waals surface area contributed by atoms with Crippen LogP contribution in [0.1, 0.15) is 29.9 Å². The van der Waals surface area contributed by atoms with Crippen LogP contribution in [0, 0.1) is 0 Å². The normalized spacial score (nSPS) is 16.0. The number of nitrogen functional groups attached to an aromatic ring is 1. The fraction of sp³-hybridized carbons (Fsp3) is 0.308. The topological polar surface area (TPSA) is 96.7 Å². The first-order valence-corrected chi connectivity index (χ1v) is 6.08. The molecule has 0 spiro atoms. The van der Waals surface area contributed by atoms with E-state index in [1.54, 1.807) is 12.3 Å². The summed E-state index contributed by atoms with van der Waals surface area (Å²) in [5.74, 6) is 0.160. The van der Waals surface area contributed by atoms with Gasteiger partial charge in [0.15, 0.2) is 0 Å². The molecule has 106 valence electrons. The standard InChI is InChI=1S/C13H15N5O.ClH/c1-13(2)6-16-11(19)7-5-9(17-10(7)13)8-3-4-15-12(14)18-8;/h3-5,17H,6H2,1-2H3,(H,16,19)(H2,14,15,18);1H. The number of nitrogens with zero attached hydrogens (tertiary/aromatic N) is 2. The Bertz CT molecular complexity index is 665. The average molecular weight is 294 g/mol. The van der Waals surface area contributed by atoms with Crippen LogP contribution in [-0.4, -0.2) is 27.4 Å². The van der Waals surface area contributed by atoms with Crippen LogP contribution in [0.25, 0.3) is 11.4 Å². The Kier molecular flexibility index (Phi) is 3.43. The molecule has 2 aromatic heterocycles. The first-order valence-electron chi connectivity index (χ1n) is 6.08. The molecule has 0 atom stereocenters. The second kappa shape index (κ2) is 4.79. The highest BCUT2D eigenvalue weighted by atomic mass is 35.5. The van der Waals surface area contributed by atoms with Gasteiger partial charge in [-0.2, -0.15) is 0 Å². The second-order valence-corrected chi connectivity index (χ2v) is 5.34. The maximum atomic E-state index is 11.9. The number of nitrogens with two attached hydrogens (primary N) is 1. The zero-order valence-electron chi connectivity index (χ0n) is 11.2.